The number of hydrogen-bond acceptors (Lipinski definition) is 9. The van der Waals surface area contributed by atoms with E-state index in [1.807, 2.05) is 12.1 Å². The van der Waals surface area contributed by atoms with Crippen molar-refractivity contribution in [3.63, 3.8) is 0 Å². The Hall–Kier alpha value is -4.14. The smallest absolute Gasteiger partial charge is 0.305 e. The summed E-state index contributed by atoms with van der Waals surface area (Å²) >= 11 is 0. The molecule has 2 saturated carbocycles. The van der Waals surface area contributed by atoms with Crippen LogP contribution in [0.3, 0.4) is 0 Å². The molecule has 2 aromatic rings. The van der Waals surface area contributed by atoms with Gasteiger partial charge >= 0.3 is 17.9 Å². The van der Waals surface area contributed by atoms with Gasteiger partial charge in [0, 0.05) is 48.6 Å². The molecule has 0 unspecified atom stereocenters. The van der Waals surface area contributed by atoms with E-state index in [0.717, 1.165) is 61.9 Å². The van der Waals surface area contributed by atoms with Crippen LogP contribution in [0.15, 0.2) is 48.6 Å². The van der Waals surface area contributed by atoms with Gasteiger partial charge < -0.3 is 28.5 Å². The minimum absolute atomic E-state index is 0.0524. The van der Waals surface area contributed by atoms with E-state index in [4.69, 9.17) is 18.9 Å². The largest absolute Gasteiger partial charge is 0.489 e. The average molecular weight is 675 g/mol. The Morgan fingerprint density at radius 1 is 0.776 bits per heavy atom. The number of aldehydes is 1. The van der Waals surface area contributed by atoms with Gasteiger partial charge in [-0.2, -0.15) is 0 Å². The highest BCUT2D eigenvalue weighted by molar-refractivity contribution is 5.69. The maximum absolute atomic E-state index is 11.4. The number of fused-ring (bicyclic) bond motifs is 6. The first-order chi connectivity index (χ1) is 23.7. The standard InChI is InChI=1S/C22H28O5.C18H22O4/c1-14-13-19-21(17(14)10-6-12-26-15(2)23)18-9-4-7-16(22(18)27-19)8-5-11-20(24)25-3;1-11-9-15-17(14(11)10-19)13-7-3-5-12(18(13)22-15)6-4-8-16(20)21-2/h4,6-7,9-10,14,17,19,21H,5,8,11-13H2,1-3H3;3,5,7,10-11,14-15,17H,4,6,8-9H2,1-2H3/b10-6+;/t14-,17+,19+,21+;11-,14+,15+,17-/m11/s1. The zero-order valence-electron chi connectivity index (χ0n) is 29.4. The van der Waals surface area contributed by atoms with Crippen LogP contribution >= 0.6 is 0 Å². The molecule has 264 valence electrons. The van der Waals surface area contributed by atoms with E-state index in [1.165, 1.54) is 37.8 Å². The summed E-state index contributed by atoms with van der Waals surface area (Å²) in [5.74, 6) is 3.19. The summed E-state index contributed by atoms with van der Waals surface area (Å²) in [6.45, 7) is 6.12. The Kier molecular flexibility index (Phi) is 12.2. The molecule has 2 aliphatic carbocycles. The lowest BCUT2D eigenvalue weighted by molar-refractivity contribution is -0.141. The third kappa shape index (κ3) is 8.19. The fourth-order valence-electron chi connectivity index (χ4n) is 8.28. The van der Waals surface area contributed by atoms with Crippen molar-refractivity contribution in [3.05, 3.63) is 70.8 Å². The third-order valence-corrected chi connectivity index (χ3v) is 10.7. The first kappa shape index (κ1) is 36.1. The quantitative estimate of drug-likeness (QED) is 0.105. The van der Waals surface area contributed by atoms with Gasteiger partial charge in [-0.25, -0.2) is 0 Å². The third-order valence-electron chi connectivity index (χ3n) is 10.7. The summed E-state index contributed by atoms with van der Waals surface area (Å²) in [4.78, 5) is 44.9. The van der Waals surface area contributed by atoms with Gasteiger partial charge in [-0.05, 0) is 67.4 Å². The van der Waals surface area contributed by atoms with Crippen LogP contribution in [0.2, 0.25) is 0 Å². The van der Waals surface area contributed by atoms with E-state index in [-0.39, 0.29) is 42.0 Å². The number of methoxy groups -OCH3 is 2. The van der Waals surface area contributed by atoms with Crippen LogP contribution in [0.5, 0.6) is 11.5 Å². The van der Waals surface area contributed by atoms with Crippen LogP contribution in [0, 0.1) is 23.7 Å². The molecule has 4 aliphatic rings. The number of carbonyl (C=O) groups is 4. The molecule has 9 heteroatoms. The van der Waals surface area contributed by atoms with Crippen LogP contribution in [-0.4, -0.2) is 57.2 Å². The summed E-state index contributed by atoms with van der Waals surface area (Å²) in [7, 11) is 2.83. The molecular weight excluding hydrogens is 624 g/mol. The zero-order chi connectivity index (χ0) is 35.1. The molecule has 49 heavy (non-hydrogen) atoms. The lowest BCUT2D eigenvalue weighted by Crippen LogP contribution is -2.16. The van der Waals surface area contributed by atoms with Crippen molar-refractivity contribution in [3.8, 4) is 11.5 Å². The molecule has 8 atom stereocenters. The van der Waals surface area contributed by atoms with Crippen LogP contribution in [0.25, 0.3) is 0 Å². The van der Waals surface area contributed by atoms with Crippen molar-refractivity contribution >= 4 is 24.2 Å². The first-order valence-corrected chi connectivity index (χ1v) is 17.6. The van der Waals surface area contributed by atoms with Gasteiger partial charge in [0.15, 0.2) is 0 Å². The van der Waals surface area contributed by atoms with Crippen molar-refractivity contribution in [2.75, 3.05) is 20.8 Å². The summed E-state index contributed by atoms with van der Waals surface area (Å²) in [6.07, 6.45) is 11.4. The molecule has 0 radical (unpaired) electrons. The van der Waals surface area contributed by atoms with E-state index in [2.05, 4.69) is 55.0 Å². The van der Waals surface area contributed by atoms with E-state index in [9.17, 15) is 19.2 Å². The molecule has 2 fully saturated rings. The molecule has 2 aromatic carbocycles. The second-order valence-electron chi connectivity index (χ2n) is 13.8. The minimum Gasteiger partial charge on any atom is -0.489 e. The Labute approximate surface area is 289 Å². The average Bonchev–Trinajstić information content (AvgIpc) is 3.81. The van der Waals surface area contributed by atoms with Gasteiger partial charge in [-0.1, -0.05) is 62.4 Å². The van der Waals surface area contributed by atoms with Gasteiger partial charge in [-0.15, -0.1) is 0 Å². The molecule has 0 saturated heterocycles. The van der Waals surface area contributed by atoms with Crippen LogP contribution in [-0.2, 0) is 46.2 Å². The van der Waals surface area contributed by atoms with Crippen LogP contribution in [0.4, 0.5) is 0 Å². The molecule has 0 amide bonds. The fourth-order valence-corrected chi connectivity index (χ4v) is 8.28. The number of carbonyl (C=O) groups excluding carboxylic acids is 4. The highest BCUT2D eigenvalue weighted by Gasteiger charge is 2.49. The number of rotatable bonds is 12. The van der Waals surface area contributed by atoms with Crippen molar-refractivity contribution in [2.45, 2.75) is 96.2 Å². The molecule has 9 nitrogen and oxygen atoms in total. The molecule has 0 spiro atoms. The number of ether oxygens (including phenoxy) is 5. The summed E-state index contributed by atoms with van der Waals surface area (Å²) in [6, 6.07) is 12.5. The van der Waals surface area contributed by atoms with Crippen molar-refractivity contribution in [2.24, 2.45) is 23.7 Å². The Balaban J connectivity index is 0.000000195. The Morgan fingerprint density at radius 3 is 1.73 bits per heavy atom. The summed E-state index contributed by atoms with van der Waals surface area (Å²) in [5, 5.41) is 0. The number of hydrogen-bond donors (Lipinski definition) is 0. The number of esters is 3. The lowest BCUT2D eigenvalue weighted by atomic mass is 9.84. The number of para-hydroxylation sites is 2. The van der Waals surface area contributed by atoms with E-state index in [0.29, 0.717) is 43.1 Å². The normalized spacial score (nSPS) is 27.0. The molecule has 6 rings (SSSR count). The molecular formula is C40H50O9. The van der Waals surface area contributed by atoms with Gasteiger partial charge in [0.1, 0.15) is 36.6 Å². The SMILES string of the molecule is COC(=O)CCCc1cccc2c1O[C@H]1C[C@@H](C)[C@H](/C=C/COC(C)=O)[C@@H]21.COC(=O)CCCc1cccc2c1O[C@H]1C[C@@H](C)[C@H](C=O)[C@@H]21. The van der Waals surface area contributed by atoms with Gasteiger partial charge in [0.2, 0.25) is 0 Å². The predicted molar refractivity (Wildman–Crippen MR) is 183 cm³/mol. The number of benzene rings is 2. The highest BCUT2D eigenvalue weighted by atomic mass is 16.5. The predicted octanol–water partition coefficient (Wildman–Crippen LogP) is 6.68. The monoisotopic (exact) mass is 674 g/mol. The second-order valence-corrected chi connectivity index (χ2v) is 13.8. The van der Waals surface area contributed by atoms with Crippen LogP contribution < -0.4 is 9.47 Å². The van der Waals surface area contributed by atoms with E-state index < -0.39 is 0 Å². The van der Waals surface area contributed by atoms with E-state index in [1.54, 1.807) is 0 Å². The molecule has 0 N–H and O–H groups in total. The number of aryl methyl sites for hydroxylation is 2. The van der Waals surface area contributed by atoms with Crippen LogP contribution in [0.1, 0.15) is 93.4 Å². The maximum atomic E-state index is 11.4. The topological polar surface area (TPSA) is 114 Å². The molecule has 0 aromatic heterocycles. The lowest BCUT2D eigenvalue weighted by Gasteiger charge is -2.18. The maximum Gasteiger partial charge on any atom is 0.305 e. The number of allylic oxidation sites excluding steroid dienone is 1. The van der Waals surface area contributed by atoms with Crippen molar-refractivity contribution < 1.29 is 42.9 Å². The Bertz CT molecular complexity index is 1530. The van der Waals surface area contributed by atoms with Gasteiger partial charge in [0.05, 0.1) is 14.2 Å². The van der Waals surface area contributed by atoms with Crippen molar-refractivity contribution in [1.29, 1.82) is 0 Å². The minimum atomic E-state index is -0.261. The van der Waals surface area contributed by atoms with E-state index >= 15 is 0 Å². The first-order valence-electron chi connectivity index (χ1n) is 17.6. The second kappa shape index (κ2) is 16.5. The van der Waals surface area contributed by atoms with Gasteiger partial charge in [-0.3, -0.25) is 14.4 Å². The molecule has 2 aliphatic heterocycles. The zero-order valence-corrected chi connectivity index (χ0v) is 29.4. The van der Waals surface area contributed by atoms with Crippen molar-refractivity contribution in [1.82, 2.24) is 0 Å². The highest BCUT2D eigenvalue weighted by Crippen LogP contribution is 2.54. The summed E-state index contributed by atoms with van der Waals surface area (Å²) in [5.41, 5.74) is 4.73. The fraction of sp³-hybridized carbons (Fsp3) is 0.550. The molecule has 0 bridgehead atoms. The van der Waals surface area contributed by atoms with Gasteiger partial charge in [0.25, 0.3) is 0 Å². The molecule has 2 heterocycles. The Morgan fingerprint density at radius 2 is 1.27 bits per heavy atom. The summed E-state index contributed by atoms with van der Waals surface area (Å²) < 4.78 is 26.9.